The highest BCUT2D eigenvalue weighted by Crippen LogP contribution is 2.44. The van der Waals surface area contributed by atoms with Crippen molar-refractivity contribution in [3.05, 3.63) is 140 Å². The molecular formula is C35H23NO. The van der Waals surface area contributed by atoms with Crippen molar-refractivity contribution < 1.29 is 4.74 Å². The van der Waals surface area contributed by atoms with Gasteiger partial charge in [0, 0.05) is 28.6 Å². The Hall–Kier alpha value is -4.95. The predicted molar refractivity (Wildman–Crippen MR) is 154 cm³/mol. The summed E-state index contributed by atoms with van der Waals surface area (Å²) < 4.78 is 6.65. The summed E-state index contributed by atoms with van der Waals surface area (Å²) in [6.45, 7) is 0. The third kappa shape index (κ3) is 3.80. The molecule has 0 aliphatic rings. The molecule has 0 radical (unpaired) electrons. The van der Waals surface area contributed by atoms with Crippen molar-refractivity contribution in [3.8, 4) is 33.8 Å². The smallest absolute Gasteiger partial charge is 0.143 e. The summed E-state index contributed by atoms with van der Waals surface area (Å²) >= 11 is 0. The fourth-order valence-electron chi connectivity index (χ4n) is 5.21. The summed E-state index contributed by atoms with van der Waals surface area (Å²) in [7, 11) is 0. The molecule has 0 aliphatic carbocycles. The van der Waals surface area contributed by atoms with Crippen molar-refractivity contribution in [2.75, 3.05) is 0 Å². The van der Waals surface area contributed by atoms with Crippen LogP contribution in [0.1, 0.15) is 0 Å². The second-order valence-electron chi connectivity index (χ2n) is 9.23. The average molecular weight is 474 g/mol. The van der Waals surface area contributed by atoms with E-state index in [9.17, 15) is 0 Å². The van der Waals surface area contributed by atoms with E-state index in [2.05, 4.69) is 120 Å². The molecule has 174 valence electrons. The second kappa shape index (κ2) is 8.92. The number of hydrogen-bond donors (Lipinski definition) is 0. The van der Waals surface area contributed by atoms with Gasteiger partial charge in [-0.1, -0.05) is 109 Å². The first-order chi connectivity index (χ1) is 18.3. The lowest BCUT2D eigenvalue weighted by Crippen LogP contribution is -1.93. The molecule has 7 rings (SSSR count). The Bertz CT molecular complexity index is 1830. The van der Waals surface area contributed by atoms with Crippen molar-refractivity contribution in [3.63, 3.8) is 0 Å². The van der Waals surface area contributed by atoms with Crippen molar-refractivity contribution in [2.24, 2.45) is 0 Å². The van der Waals surface area contributed by atoms with Gasteiger partial charge in [-0.2, -0.15) is 0 Å². The highest BCUT2D eigenvalue weighted by molar-refractivity contribution is 6.16. The van der Waals surface area contributed by atoms with Gasteiger partial charge < -0.3 is 4.74 Å². The lowest BCUT2D eigenvalue weighted by atomic mass is 9.91. The first kappa shape index (κ1) is 21.3. The maximum absolute atomic E-state index is 6.65. The van der Waals surface area contributed by atoms with E-state index in [1.54, 1.807) is 0 Å². The van der Waals surface area contributed by atoms with Crippen LogP contribution in [-0.2, 0) is 0 Å². The van der Waals surface area contributed by atoms with Crippen LogP contribution in [0, 0.1) is 0 Å². The molecule has 0 atom stereocenters. The van der Waals surface area contributed by atoms with Crippen molar-refractivity contribution in [1.82, 2.24) is 4.98 Å². The van der Waals surface area contributed by atoms with Crippen LogP contribution < -0.4 is 4.74 Å². The number of aromatic nitrogens is 1. The van der Waals surface area contributed by atoms with Crippen LogP contribution in [-0.4, -0.2) is 4.98 Å². The van der Waals surface area contributed by atoms with Gasteiger partial charge in [0.15, 0.2) is 0 Å². The lowest BCUT2D eigenvalue weighted by molar-refractivity contribution is 0.494. The van der Waals surface area contributed by atoms with Gasteiger partial charge in [-0.25, -0.2) is 0 Å². The van der Waals surface area contributed by atoms with E-state index in [4.69, 9.17) is 4.74 Å². The molecule has 0 fully saturated rings. The van der Waals surface area contributed by atoms with E-state index < -0.39 is 0 Å². The first-order valence-corrected chi connectivity index (χ1v) is 12.5. The Morgan fingerprint density at radius 3 is 1.95 bits per heavy atom. The fourth-order valence-corrected chi connectivity index (χ4v) is 5.21. The Balaban J connectivity index is 1.42. The van der Waals surface area contributed by atoms with E-state index in [0.29, 0.717) is 0 Å². The molecule has 1 heterocycles. The van der Waals surface area contributed by atoms with E-state index in [1.165, 1.54) is 22.1 Å². The zero-order valence-corrected chi connectivity index (χ0v) is 20.1. The monoisotopic (exact) mass is 473 g/mol. The van der Waals surface area contributed by atoms with Crippen LogP contribution in [0.15, 0.2) is 140 Å². The topological polar surface area (TPSA) is 22.1 Å². The molecule has 0 bridgehead atoms. The fraction of sp³-hybridized carbons (Fsp3) is 0. The van der Waals surface area contributed by atoms with Gasteiger partial charge in [0.25, 0.3) is 0 Å². The number of ether oxygens (including phenoxy) is 1. The molecule has 0 spiro atoms. The van der Waals surface area contributed by atoms with Gasteiger partial charge >= 0.3 is 0 Å². The van der Waals surface area contributed by atoms with Crippen molar-refractivity contribution in [2.45, 2.75) is 0 Å². The summed E-state index contributed by atoms with van der Waals surface area (Å²) in [4.78, 5) is 4.50. The minimum Gasteiger partial charge on any atom is -0.456 e. The highest BCUT2D eigenvalue weighted by Gasteiger charge is 2.17. The SMILES string of the molecule is c1ccc(-c2ccc(-c3c4ccccc4c(Oc4ccc5ccccc5c4)c4ccncc34)cc2)cc1. The molecule has 1 aromatic heterocycles. The van der Waals surface area contributed by atoms with Crippen LogP contribution in [0.2, 0.25) is 0 Å². The molecule has 2 nitrogen and oxygen atoms in total. The van der Waals surface area contributed by atoms with Gasteiger partial charge in [0.2, 0.25) is 0 Å². The normalized spacial score (nSPS) is 11.2. The maximum atomic E-state index is 6.65. The Labute approximate surface area is 215 Å². The van der Waals surface area contributed by atoms with Crippen LogP contribution >= 0.6 is 0 Å². The van der Waals surface area contributed by atoms with Crippen LogP contribution in [0.4, 0.5) is 0 Å². The van der Waals surface area contributed by atoms with Crippen LogP contribution in [0.3, 0.4) is 0 Å². The van der Waals surface area contributed by atoms with Crippen molar-refractivity contribution in [1.29, 1.82) is 0 Å². The van der Waals surface area contributed by atoms with E-state index in [0.717, 1.165) is 44.0 Å². The molecule has 7 aromatic rings. The third-order valence-electron chi connectivity index (χ3n) is 7.00. The number of benzene rings is 6. The van der Waals surface area contributed by atoms with Gasteiger partial charge in [-0.05, 0) is 56.6 Å². The molecule has 0 aliphatic heterocycles. The Kier molecular flexibility index (Phi) is 5.15. The van der Waals surface area contributed by atoms with Gasteiger partial charge in [-0.3, -0.25) is 4.98 Å². The summed E-state index contributed by atoms with van der Waals surface area (Å²) in [5.41, 5.74) is 4.74. The van der Waals surface area contributed by atoms with E-state index in [1.807, 2.05) is 24.5 Å². The van der Waals surface area contributed by atoms with Gasteiger partial charge in [-0.15, -0.1) is 0 Å². The average Bonchev–Trinajstić information content (AvgIpc) is 2.98. The standard InChI is InChI=1S/C35H23NO/c1-2-8-24(9-3-1)26-14-16-27(17-15-26)34-30-12-6-7-13-31(30)35(32-20-21-36-23-33(32)34)37-29-19-18-25-10-4-5-11-28(25)22-29/h1-23H. The molecule has 0 saturated heterocycles. The molecule has 0 amide bonds. The largest absolute Gasteiger partial charge is 0.456 e. The zero-order chi connectivity index (χ0) is 24.6. The van der Waals surface area contributed by atoms with Crippen LogP contribution in [0.25, 0.3) is 54.6 Å². The molecule has 6 aromatic carbocycles. The predicted octanol–water partition coefficient (Wildman–Crippen LogP) is 9.67. The number of hydrogen-bond acceptors (Lipinski definition) is 2. The second-order valence-corrected chi connectivity index (χ2v) is 9.23. The lowest BCUT2D eigenvalue weighted by Gasteiger charge is -2.18. The minimum atomic E-state index is 0.821. The number of pyridine rings is 1. The Morgan fingerprint density at radius 2 is 1.11 bits per heavy atom. The minimum absolute atomic E-state index is 0.821. The molecule has 0 saturated carbocycles. The molecule has 0 unspecified atom stereocenters. The van der Waals surface area contributed by atoms with E-state index in [-0.39, 0.29) is 0 Å². The molecular weight excluding hydrogens is 450 g/mol. The molecule has 37 heavy (non-hydrogen) atoms. The summed E-state index contributed by atoms with van der Waals surface area (Å²) in [6, 6.07) is 44.4. The Morgan fingerprint density at radius 1 is 0.459 bits per heavy atom. The van der Waals surface area contributed by atoms with Crippen molar-refractivity contribution >= 4 is 32.3 Å². The zero-order valence-electron chi connectivity index (χ0n) is 20.1. The summed E-state index contributed by atoms with van der Waals surface area (Å²) in [6.07, 6.45) is 3.79. The van der Waals surface area contributed by atoms with Gasteiger partial charge in [0.1, 0.15) is 11.5 Å². The van der Waals surface area contributed by atoms with Gasteiger partial charge in [0.05, 0.1) is 0 Å². The highest BCUT2D eigenvalue weighted by atomic mass is 16.5. The number of rotatable bonds is 4. The van der Waals surface area contributed by atoms with Crippen LogP contribution in [0.5, 0.6) is 11.5 Å². The summed E-state index contributed by atoms with van der Waals surface area (Å²) in [5, 5.41) is 6.70. The quantitative estimate of drug-likeness (QED) is 0.237. The summed E-state index contributed by atoms with van der Waals surface area (Å²) in [5.74, 6) is 1.68. The molecule has 2 heteroatoms. The first-order valence-electron chi connectivity index (χ1n) is 12.5. The third-order valence-corrected chi connectivity index (χ3v) is 7.00. The number of nitrogens with zero attached hydrogens (tertiary/aromatic N) is 1. The number of fused-ring (bicyclic) bond motifs is 3. The van der Waals surface area contributed by atoms with E-state index >= 15 is 0 Å². The molecule has 0 N–H and O–H groups in total. The maximum Gasteiger partial charge on any atom is 0.143 e.